The molecule has 4 aliphatic rings. The van der Waals surface area contributed by atoms with Gasteiger partial charge < -0.3 is 5.73 Å². The van der Waals surface area contributed by atoms with Crippen LogP contribution in [0.1, 0.15) is 88.7 Å². The highest BCUT2D eigenvalue weighted by atomic mass is 15.2. The molecular weight excluding hydrogens is 368 g/mol. The summed E-state index contributed by atoms with van der Waals surface area (Å²) in [4.78, 5) is 5.11. The van der Waals surface area contributed by atoms with Gasteiger partial charge in [-0.15, -0.1) is 0 Å². The van der Waals surface area contributed by atoms with E-state index < -0.39 is 0 Å². The molecule has 0 amide bonds. The summed E-state index contributed by atoms with van der Waals surface area (Å²) >= 11 is 0. The Bertz CT molecular complexity index is 685. The molecule has 1 aromatic carbocycles. The predicted molar refractivity (Wildman–Crippen MR) is 123 cm³/mol. The van der Waals surface area contributed by atoms with Crippen LogP contribution in [-0.2, 0) is 0 Å². The van der Waals surface area contributed by atoms with Crippen molar-refractivity contribution < 1.29 is 0 Å². The third-order valence-corrected chi connectivity index (χ3v) is 8.29. The molecule has 0 bridgehead atoms. The summed E-state index contributed by atoms with van der Waals surface area (Å²) in [6.07, 6.45) is 15.3. The average Bonchev–Trinajstić information content (AvgIpc) is 3.61. The van der Waals surface area contributed by atoms with E-state index in [0.29, 0.717) is 0 Å². The normalized spacial score (nSPS) is 26.8. The maximum Gasteiger partial charge on any atom is 0.109 e. The molecule has 4 nitrogen and oxygen atoms in total. The lowest BCUT2D eigenvalue weighted by molar-refractivity contribution is 0.0922. The summed E-state index contributed by atoms with van der Waals surface area (Å²) < 4.78 is 0. The second-order valence-corrected chi connectivity index (χ2v) is 9.94. The van der Waals surface area contributed by atoms with Crippen molar-refractivity contribution in [1.82, 2.24) is 9.80 Å². The summed E-state index contributed by atoms with van der Waals surface area (Å²) in [6, 6.07) is 13.4. The van der Waals surface area contributed by atoms with Crippen LogP contribution in [0.5, 0.6) is 0 Å². The maximum atomic E-state index is 9.19. The SMILES string of the molecule is N#CC1(N2CCCC2)CCCC1.NC(c1ccccc1)C1(N2CCCC2)CCCC1. The first kappa shape index (κ1) is 21.8. The molecule has 2 saturated carbocycles. The van der Waals surface area contributed by atoms with Crippen LogP contribution in [0.4, 0.5) is 0 Å². The van der Waals surface area contributed by atoms with Crippen LogP contribution in [-0.4, -0.2) is 47.1 Å². The van der Waals surface area contributed by atoms with Crippen molar-refractivity contribution in [2.24, 2.45) is 5.73 Å². The second kappa shape index (κ2) is 9.81. The number of nitrogens with two attached hydrogens (primary N) is 1. The minimum Gasteiger partial charge on any atom is -0.322 e. The molecule has 4 heteroatoms. The number of nitriles is 1. The fourth-order valence-electron chi connectivity index (χ4n) is 6.55. The Labute approximate surface area is 183 Å². The predicted octanol–water partition coefficient (Wildman–Crippen LogP) is 5.01. The van der Waals surface area contributed by atoms with Crippen LogP contribution in [0.25, 0.3) is 0 Å². The number of nitrogens with zero attached hydrogens (tertiary/aromatic N) is 3. The minimum atomic E-state index is -0.0451. The van der Waals surface area contributed by atoms with Crippen molar-refractivity contribution in [3.63, 3.8) is 0 Å². The third-order valence-electron chi connectivity index (χ3n) is 8.29. The Balaban J connectivity index is 0.000000158. The highest BCUT2D eigenvalue weighted by molar-refractivity contribution is 5.24. The maximum absolute atomic E-state index is 9.19. The van der Waals surface area contributed by atoms with Crippen LogP contribution in [0.3, 0.4) is 0 Å². The second-order valence-electron chi connectivity index (χ2n) is 9.94. The summed E-state index contributed by atoms with van der Waals surface area (Å²) in [5.74, 6) is 0. The molecule has 0 radical (unpaired) electrons. The number of likely N-dealkylation sites (tertiary alicyclic amines) is 2. The van der Waals surface area contributed by atoms with Gasteiger partial charge in [0.1, 0.15) is 5.54 Å². The molecule has 1 atom stereocenters. The Morgan fingerprint density at radius 1 is 0.733 bits per heavy atom. The molecule has 0 aromatic heterocycles. The molecule has 0 spiro atoms. The Kier molecular flexibility index (Phi) is 7.13. The van der Waals surface area contributed by atoms with Gasteiger partial charge in [-0.2, -0.15) is 5.26 Å². The quantitative estimate of drug-likeness (QED) is 0.760. The van der Waals surface area contributed by atoms with E-state index in [1.807, 2.05) is 0 Å². The van der Waals surface area contributed by atoms with Crippen LogP contribution in [0, 0.1) is 11.3 Å². The van der Waals surface area contributed by atoms with Crippen molar-refractivity contribution in [1.29, 1.82) is 5.26 Å². The smallest absolute Gasteiger partial charge is 0.109 e. The van der Waals surface area contributed by atoms with E-state index in [1.54, 1.807) is 0 Å². The van der Waals surface area contributed by atoms with Gasteiger partial charge >= 0.3 is 0 Å². The molecule has 2 aliphatic heterocycles. The van der Waals surface area contributed by atoms with E-state index >= 15 is 0 Å². The molecule has 2 saturated heterocycles. The molecule has 2 heterocycles. The summed E-state index contributed by atoms with van der Waals surface area (Å²) in [5.41, 5.74) is 8.19. The molecule has 4 fully saturated rings. The molecule has 30 heavy (non-hydrogen) atoms. The first-order valence-corrected chi connectivity index (χ1v) is 12.4. The van der Waals surface area contributed by atoms with Crippen LogP contribution in [0.15, 0.2) is 30.3 Å². The van der Waals surface area contributed by atoms with Crippen molar-refractivity contribution in [3.8, 4) is 6.07 Å². The summed E-state index contributed by atoms with van der Waals surface area (Å²) in [5, 5.41) is 9.19. The van der Waals surface area contributed by atoms with Crippen molar-refractivity contribution in [3.05, 3.63) is 35.9 Å². The molecule has 2 N–H and O–H groups in total. The van der Waals surface area contributed by atoms with Gasteiger partial charge in [0.15, 0.2) is 0 Å². The standard InChI is InChI=1S/C16H24N2.C10H16N2/c17-15(14-8-2-1-3-9-14)16(10-4-5-11-16)18-12-6-7-13-18;11-9-10(5-1-2-6-10)12-7-3-4-8-12/h1-3,8-9,15H,4-7,10-13,17H2;1-8H2. The highest BCUT2D eigenvalue weighted by Crippen LogP contribution is 2.44. The fraction of sp³-hybridized carbons (Fsp3) is 0.731. The monoisotopic (exact) mass is 408 g/mol. The lowest BCUT2D eigenvalue weighted by Gasteiger charge is -2.43. The molecule has 1 unspecified atom stereocenters. The first-order chi connectivity index (χ1) is 14.7. The molecule has 5 rings (SSSR count). The Morgan fingerprint density at radius 2 is 1.23 bits per heavy atom. The Hall–Kier alpha value is -1.41. The van der Waals surface area contributed by atoms with Gasteiger partial charge in [0, 0.05) is 11.6 Å². The van der Waals surface area contributed by atoms with E-state index in [9.17, 15) is 5.26 Å². The number of rotatable bonds is 4. The lowest BCUT2D eigenvalue weighted by atomic mass is 9.82. The van der Waals surface area contributed by atoms with Gasteiger partial charge in [0.05, 0.1) is 6.07 Å². The van der Waals surface area contributed by atoms with Crippen molar-refractivity contribution in [2.75, 3.05) is 26.2 Å². The van der Waals surface area contributed by atoms with Gasteiger partial charge in [0.25, 0.3) is 0 Å². The van der Waals surface area contributed by atoms with Gasteiger partial charge in [-0.3, -0.25) is 9.80 Å². The molecular formula is C26H40N4. The van der Waals surface area contributed by atoms with Gasteiger partial charge in [-0.05, 0) is 83.1 Å². The third kappa shape index (κ3) is 4.31. The molecule has 164 valence electrons. The van der Waals surface area contributed by atoms with Gasteiger partial charge in [-0.25, -0.2) is 0 Å². The van der Waals surface area contributed by atoms with Crippen molar-refractivity contribution >= 4 is 0 Å². The summed E-state index contributed by atoms with van der Waals surface area (Å²) in [7, 11) is 0. The zero-order chi connectivity index (χ0) is 20.9. The van der Waals surface area contributed by atoms with E-state index in [-0.39, 0.29) is 17.1 Å². The highest BCUT2D eigenvalue weighted by Gasteiger charge is 2.45. The van der Waals surface area contributed by atoms with Crippen LogP contribution in [0.2, 0.25) is 0 Å². The van der Waals surface area contributed by atoms with Crippen LogP contribution >= 0.6 is 0 Å². The number of hydrogen-bond donors (Lipinski definition) is 1. The average molecular weight is 409 g/mol. The first-order valence-electron chi connectivity index (χ1n) is 12.4. The zero-order valence-corrected chi connectivity index (χ0v) is 18.7. The van der Waals surface area contributed by atoms with E-state index in [2.05, 4.69) is 46.2 Å². The van der Waals surface area contributed by atoms with E-state index in [1.165, 1.54) is 82.9 Å². The Morgan fingerprint density at radius 3 is 1.77 bits per heavy atom. The van der Waals surface area contributed by atoms with Crippen LogP contribution < -0.4 is 5.73 Å². The minimum absolute atomic E-state index is 0.0451. The van der Waals surface area contributed by atoms with Crippen molar-refractivity contribution in [2.45, 2.75) is 94.2 Å². The van der Waals surface area contributed by atoms with Gasteiger partial charge in [0.2, 0.25) is 0 Å². The number of hydrogen-bond acceptors (Lipinski definition) is 4. The molecule has 2 aliphatic carbocycles. The molecule has 1 aromatic rings. The fourth-order valence-corrected chi connectivity index (χ4v) is 6.55. The number of benzene rings is 1. The topological polar surface area (TPSA) is 56.3 Å². The summed E-state index contributed by atoms with van der Waals surface area (Å²) in [6.45, 7) is 4.82. The van der Waals surface area contributed by atoms with Gasteiger partial charge in [-0.1, -0.05) is 56.0 Å². The van der Waals surface area contributed by atoms with E-state index in [0.717, 1.165) is 25.9 Å². The zero-order valence-electron chi connectivity index (χ0n) is 18.7. The van der Waals surface area contributed by atoms with E-state index in [4.69, 9.17) is 5.73 Å². The lowest BCUT2D eigenvalue weighted by Crippen LogP contribution is -2.52. The largest absolute Gasteiger partial charge is 0.322 e.